The molecule has 0 amide bonds. The topological polar surface area (TPSA) is 126 Å². The molecule has 0 fully saturated rings. The number of carboxylic acids is 1. The number of aromatic carboxylic acids is 1. The maximum absolute atomic E-state index is 13.0. The van der Waals surface area contributed by atoms with E-state index in [9.17, 15) is 23.1 Å². The maximum Gasteiger partial charge on any atom is 0.337 e. The van der Waals surface area contributed by atoms with Gasteiger partial charge in [-0.3, -0.25) is 4.79 Å². The van der Waals surface area contributed by atoms with Crippen molar-refractivity contribution in [3.05, 3.63) is 68.9 Å². The number of anilines is 1. The van der Waals surface area contributed by atoms with Crippen molar-refractivity contribution in [2.75, 3.05) is 11.9 Å². The van der Waals surface area contributed by atoms with Crippen LogP contribution in [0.4, 0.5) is 5.69 Å². The second-order valence-electron chi connectivity index (χ2n) is 7.29. The molecule has 0 aliphatic rings. The normalized spacial score (nSPS) is 12.6. The van der Waals surface area contributed by atoms with Crippen molar-refractivity contribution < 1.29 is 22.7 Å². The van der Waals surface area contributed by atoms with Crippen LogP contribution in [0.1, 0.15) is 46.9 Å². The second kappa shape index (κ2) is 8.52. The third kappa shape index (κ3) is 4.33. The van der Waals surface area contributed by atoms with Gasteiger partial charge in [0, 0.05) is 17.8 Å². The Hall–Kier alpha value is -3.17. The van der Waals surface area contributed by atoms with Crippen molar-refractivity contribution in [3.63, 3.8) is 0 Å². The van der Waals surface area contributed by atoms with Crippen molar-refractivity contribution in [2.24, 2.45) is 0 Å². The average molecular weight is 445 g/mol. The Morgan fingerprint density at radius 3 is 2.52 bits per heavy atom. The summed E-state index contributed by atoms with van der Waals surface area (Å²) in [6.07, 6.45) is 0. The van der Waals surface area contributed by atoms with Crippen LogP contribution >= 0.6 is 0 Å². The summed E-state index contributed by atoms with van der Waals surface area (Å²) in [7, 11) is -4.00. The Bertz CT molecular complexity index is 1330. The van der Waals surface area contributed by atoms with E-state index in [-0.39, 0.29) is 28.6 Å². The Morgan fingerprint density at radius 2 is 1.87 bits per heavy atom. The molecule has 0 aliphatic heterocycles. The molecule has 0 saturated heterocycles. The largest absolute Gasteiger partial charge is 0.478 e. The number of hydrogen-bond acceptors (Lipinski definition) is 6. The van der Waals surface area contributed by atoms with E-state index in [0.717, 1.165) is 5.56 Å². The summed E-state index contributed by atoms with van der Waals surface area (Å²) in [4.78, 5) is 24.5. The number of sulfonamides is 1. The number of para-hydroxylation sites is 1. The summed E-state index contributed by atoms with van der Waals surface area (Å²) in [5.41, 5.74) is 1.54. The van der Waals surface area contributed by atoms with Crippen LogP contribution in [0.3, 0.4) is 0 Å². The smallest absolute Gasteiger partial charge is 0.337 e. The number of hydrogen-bond donors (Lipinski definition) is 3. The highest BCUT2D eigenvalue weighted by atomic mass is 32.2. The third-order valence-corrected chi connectivity index (χ3v) is 6.47. The third-order valence-electron chi connectivity index (χ3n) is 4.92. The molecule has 3 rings (SSSR count). The van der Waals surface area contributed by atoms with E-state index in [1.54, 1.807) is 44.2 Å². The molecule has 3 aromatic rings. The average Bonchev–Trinajstić information content (AvgIpc) is 2.70. The standard InChI is InChI=1S/C22H24N2O6S/c1-5-23-31(28,29)22-13(3)19(25)17-11-12(2)10-16(20(17)30-22)14(4)24-18-9-7-6-8-15(18)21(26)27/h6-11,14,23-24H,5H2,1-4H3,(H,26,27). The first-order valence-electron chi connectivity index (χ1n) is 9.73. The Balaban J connectivity index is 2.22. The Kier molecular flexibility index (Phi) is 6.19. The van der Waals surface area contributed by atoms with E-state index in [4.69, 9.17) is 4.42 Å². The van der Waals surface area contributed by atoms with Gasteiger partial charge in [-0.1, -0.05) is 25.1 Å². The predicted molar refractivity (Wildman–Crippen MR) is 118 cm³/mol. The lowest BCUT2D eigenvalue weighted by Gasteiger charge is -2.19. The van der Waals surface area contributed by atoms with E-state index in [0.29, 0.717) is 11.3 Å². The molecular weight excluding hydrogens is 420 g/mol. The van der Waals surface area contributed by atoms with E-state index < -0.39 is 32.6 Å². The predicted octanol–water partition coefficient (Wildman–Crippen LogP) is 3.58. The highest BCUT2D eigenvalue weighted by Crippen LogP contribution is 2.30. The quantitative estimate of drug-likeness (QED) is 0.508. The molecule has 1 aromatic heterocycles. The highest BCUT2D eigenvalue weighted by Gasteiger charge is 2.25. The molecule has 9 heteroatoms. The van der Waals surface area contributed by atoms with Gasteiger partial charge in [0.15, 0.2) is 5.43 Å². The minimum atomic E-state index is -4.00. The molecule has 2 aromatic carbocycles. The van der Waals surface area contributed by atoms with Gasteiger partial charge in [-0.05, 0) is 44.5 Å². The van der Waals surface area contributed by atoms with Crippen LogP contribution in [0.5, 0.6) is 0 Å². The van der Waals surface area contributed by atoms with Crippen molar-refractivity contribution in [1.29, 1.82) is 0 Å². The Morgan fingerprint density at radius 1 is 1.19 bits per heavy atom. The first kappa shape index (κ1) is 22.5. The molecule has 8 nitrogen and oxygen atoms in total. The van der Waals surface area contributed by atoms with Crippen LogP contribution in [0.2, 0.25) is 0 Å². The lowest BCUT2D eigenvalue weighted by Crippen LogP contribution is -2.26. The minimum Gasteiger partial charge on any atom is -0.478 e. The molecule has 0 bridgehead atoms. The van der Waals surface area contributed by atoms with Gasteiger partial charge in [0.25, 0.3) is 10.0 Å². The second-order valence-corrected chi connectivity index (χ2v) is 8.96. The van der Waals surface area contributed by atoms with Gasteiger partial charge in [-0.15, -0.1) is 0 Å². The summed E-state index contributed by atoms with van der Waals surface area (Å²) >= 11 is 0. The zero-order valence-electron chi connectivity index (χ0n) is 17.6. The number of benzene rings is 2. The molecular formula is C22H24N2O6S. The number of rotatable bonds is 7. The SMILES string of the molecule is CCNS(=O)(=O)c1oc2c(C(C)Nc3ccccc3C(=O)O)cc(C)cc2c(=O)c1C. The molecule has 0 aliphatic carbocycles. The van der Waals surface area contributed by atoms with Crippen LogP contribution in [0.15, 0.2) is 50.7 Å². The van der Waals surface area contributed by atoms with Gasteiger partial charge in [-0.25, -0.2) is 17.9 Å². The number of fused-ring (bicyclic) bond motifs is 1. The zero-order chi connectivity index (χ0) is 22.9. The van der Waals surface area contributed by atoms with Crippen molar-refractivity contribution in [2.45, 2.75) is 38.8 Å². The first-order valence-corrected chi connectivity index (χ1v) is 11.2. The lowest BCUT2D eigenvalue weighted by molar-refractivity contribution is 0.0698. The van der Waals surface area contributed by atoms with Gasteiger partial charge >= 0.3 is 5.97 Å². The first-order chi connectivity index (χ1) is 14.6. The van der Waals surface area contributed by atoms with E-state index >= 15 is 0 Å². The highest BCUT2D eigenvalue weighted by molar-refractivity contribution is 7.89. The molecule has 0 radical (unpaired) electrons. The van der Waals surface area contributed by atoms with Crippen LogP contribution in [-0.4, -0.2) is 26.0 Å². The van der Waals surface area contributed by atoms with Gasteiger partial charge in [0.2, 0.25) is 5.09 Å². The summed E-state index contributed by atoms with van der Waals surface area (Å²) in [5, 5.41) is 12.4. The van der Waals surface area contributed by atoms with Gasteiger partial charge in [0.1, 0.15) is 5.58 Å². The van der Waals surface area contributed by atoms with E-state index in [1.807, 2.05) is 6.92 Å². The lowest BCUT2D eigenvalue weighted by atomic mass is 10.00. The fourth-order valence-corrected chi connectivity index (χ4v) is 4.69. The van der Waals surface area contributed by atoms with Gasteiger partial charge in [-0.2, -0.15) is 0 Å². The Labute approximate surface area is 180 Å². The molecule has 164 valence electrons. The fraction of sp³-hybridized carbons (Fsp3) is 0.273. The molecule has 1 unspecified atom stereocenters. The molecule has 1 atom stereocenters. The van der Waals surface area contributed by atoms with Crippen LogP contribution in [0, 0.1) is 13.8 Å². The molecule has 1 heterocycles. The number of carbonyl (C=O) groups is 1. The van der Waals surface area contributed by atoms with Crippen LogP contribution in [-0.2, 0) is 10.0 Å². The van der Waals surface area contributed by atoms with Crippen molar-refractivity contribution in [3.8, 4) is 0 Å². The minimum absolute atomic E-state index is 0.00170. The summed E-state index contributed by atoms with van der Waals surface area (Å²) < 4.78 is 33.3. The zero-order valence-corrected chi connectivity index (χ0v) is 18.5. The summed E-state index contributed by atoms with van der Waals surface area (Å²) in [6, 6.07) is 9.41. The molecule has 3 N–H and O–H groups in total. The van der Waals surface area contributed by atoms with Gasteiger partial charge < -0.3 is 14.8 Å². The number of nitrogens with one attached hydrogen (secondary N) is 2. The van der Waals surface area contributed by atoms with E-state index in [1.165, 1.54) is 13.0 Å². The van der Waals surface area contributed by atoms with Crippen LogP contribution in [0.25, 0.3) is 11.0 Å². The van der Waals surface area contributed by atoms with Gasteiger partial charge in [0.05, 0.1) is 22.6 Å². The summed E-state index contributed by atoms with van der Waals surface area (Å²) in [6.45, 7) is 6.80. The monoisotopic (exact) mass is 444 g/mol. The van der Waals surface area contributed by atoms with Crippen molar-refractivity contribution >= 4 is 32.6 Å². The van der Waals surface area contributed by atoms with Crippen LogP contribution < -0.4 is 15.5 Å². The van der Waals surface area contributed by atoms with Crippen molar-refractivity contribution in [1.82, 2.24) is 4.72 Å². The maximum atomic E-state index is 13.0. The molecule has 0 saturated carbocycles. The number of aryl methyl sites for hydroxylation is 1. The van der Waals surface area contributed by atoms with E-state index in [2.05, 4.69) is 10.0 Å². The number of carboxylic acid groups (broad SMARTS) is 1. The molecule has 31 heavy (non-hydrogen) atoms. The fourth-order valence-electron chi connectivity index (χ4n) is 3.49. The molecule has 0 spiro atoms. The summed E-state index contributed by atoms with van der Waals surface area (Å²) in [5.74, 6) is -1.08.